The molecule has 0 aliphatic carbocycles. The molecule has 3 rings (SSSR count). The Morgan fingerprint density at radius 3 is 3.00 bits per heavy atom. The molecule has 2 fully saturated rings. The van der Waals surface area contributed by atoms with Gasteiger partial charge in [-0.3, -0.25) is 4.90 Å². The molecular formula is C15H21BrN2. The molecule has 0 bridgehead atoms. The van der Waals surface area contributed by atoms with Crippen molar-refractivity contribution in [2.75, 3.05) is 26.2 Å². The molecule has 2 aliphatic rings. The average Bonchev–Trinajstić information content (AvgIpc) is 2.96. The normalized spacial score (nSPS) is 28.3. The minimum atomic E-state index is 0.588. The van der Waals surface area contributed by atoms with Gasteiger partial charge in [-0.25, -0.2) is 0 Å². The molecule has 18 heavy (non-hydrogen) atoms. The molecule has 2 aliphatic heterocycles. The highest BCUT2D eigenvalue weighted by molar-refractivity contribution is 9.10. The van der Waals surface area contributed by atoms with Gasteiger partial charge < -0.3 is 5.32 Å². The summed E-state index contributed by atoms with van der Waals surface area (Å²) in [4.78, 5) is 2.62. The van der Waals surface area contributed by atoms with Crippen LogP contribution in [0.25, 0.3) is 0 Å². The zero-order chi connectivity index (χ0) is 12.6. The molecule has 1 unspecified atom stereocenters. The molecule has 1 N–H and O–H groups in total. The molecule has 0 radical (unpaired) electrons. The van der Waals surface area contributed by atoms with Crippen molar-refractivity contribution in [3.05, 3.63) is 33.8 Å². The summed E-state index contributed by atoms with van der Waals surface area (Å²) in [5.74, 6) is 0. The van der Waals surface area contributed by atoms with E-state index in [4.69, 9.17) is 0 Å². The van der Waals surface area contributed by atoms with Crippen molar-refractivity contribution in [3.8, 4) is 0 Å². The lowest BCUT2D eigenvalue weighted by Gasteiger charge is -2.23. The zero-order valence-corrected chi connectivity index (χ0v) is 12.6. The van der Waals surface area contributed by atoms with Crippen molar-refractivity contribution in [3.63, 3.8) is 0 Å². The molecule has 2 heterocycles. The molecule has 1 aromatic rings. The highest BCUT2D eigenvalue weighted by Gasteiger charge is 2.39. The van der Waals surface area contributed by atoms with E-state index in [1.54, 1.807) is 0 Å². The quantitative estimate of drug-likeness (QED) is 0.903. The first kappa shape index (κ1) is 12.6. The summed E-state index contributed by atoms with van der Waals surface area (Å²) in [5, 5.41) is 3.52. The predicted molar refractivity (Wildman–Crippen MR) is 78.7 cm³/mol. The Hall–Kier alpha value is -0.380. The third-order valence-electron chi connectivity index (χ3n) is 4.48. The van der Waals surface area contributed by atoms with Crippen molar-refractivity contribution in [1.29, 1.82) is 0 Å². The van der Waals surface area contributed by atoms with Gasteiger partial charge in [0.25, 0.3) is 0 Å². The fourth-order valence-electron chi connectivity index (χ4n) is 3.37. The van der Waals surface area contributed by atoms with Gasteiger partial charge in [-0.1, -0.05) is 28.1 Å². The van der Waals surface area contributed by atoms with E-state index in [-0.39, 0.29) is 0 Å². The van der Waals surface area contributed by atoms with Crippen LogP contribution in [0.4, 0.5) is 0 Å². The van der Waals surface area contributed by atoms with E-state index >= 15 is 0 Å². The first-order valence-electron chi connectivity index (χ1n) is 6.85. The maximum absolute atomic E-state index is 3.57. The Bertz CT molecular complexity index is 438. The Labute approximate surface area is 118 Å². The number of halogens is 1. The molecule has 1 aromatic carbocycles. The molecule has 3 heteroatoms. The minimum absolute atomic E-state index is 0.588. The third-order valence-corrected chi connectivity index (χ3v) is 5.37. The highest BCUT2D eigenvalue weighted by Crippen LogP contribution is 2.36. The number of benzene rings is 1. The lowest BCUT2D eigenvalue weighted by Crippen LogP contribution is -2.28. The molecule has 1 spiro atoms. The topological polar surface area (TPSA) is 15.3 Å². The van der Waals surface area contributed by atoms with E-state index < -0.39 is 0 Å². The van der Waals surface area contributed by atoms with Gasteiger partial charge in [0.2, 0.25) is 0 Å². The molecule has 2 nitrogen and oxygen atoms in total. The first-order valence-corrected chi connectivity index (χ1v) is 7.64. The van der Waals surface area contributed by atoms with E-state index in [0.717, 1.165) is 6.54 Å². The van der Waals surface area contributed by atoms with Crippen molar-refractivity contribution < 1.29 is 0 Å². The fraction of sp³-hybridized carbons (Fsp3) is 0.600. The number of aryl methyl sites for hydroxylation is 1. The van der Waals surface area contributed by atoms with Crippen LogP contribution in [-0.4, -0.2) is 31.1 Å². The van der Waals surface area contributed by atoms with Crippen LogP contribution in [0.5, 0.6) is 0 Å². The first-order chi connectivity index (χ1) is 8.67. The summed E-state index contributed by atoms with van der Waals surface area (Å²) in [7, 11) is 0. The van der Waals surface area contributed by atoms with Gasteiger partial charge in [-0.15, -0.1) is 0 Å². The summed E-state index contributed by atoms with van der Waals surface area (Å²) in [5.41, 5.74) is 3.37. The predicted octanol–water partition coefficient (Wildman–Crippen LogP) is 2.94. The van der Waals surface area contributed by atoms with Gasteiger partial charge in [-0.2, -0.15) is 0 Å². The van der Waals surface area contributed by atoms with E-state index in [1.165, 1.54) is 54.6 Å². The second-order valence-electron chi connectivity index (χ2n) is 5.97. The fourth-order valence-corrected chi connectivity index (χ4v) is 3.62. The van der Waals surface area contributed by atoms with Crippen LogP contribution in [0.1, 0.15) is 24.0 Å². The highest BCUT2D eigenvalue weighted by atomic mass is 79.9. The van der Waals surface area contributed by atoms with Crippen LogP contribution < -0.4 is 5.32 Å². The maximum atomic E-state index is 3.57. The van der Waals surface area contributed by atoms with Gasteiger partial charge in [0.15, 0.2) is 0 Å². The summed E-state index contributed by atoms with van der Waals surface area (Å²) < 4.78 is 1.21. The van der Waals surface area contributed by atoms with Crippen molar-refractivity contribution in [2.24, 2.45) is 5.41 Å². The standard InChI is InChI=1S/C15H21BrN2/c1-12-8-13(2-3-14(12)16)9-18-7-5-15(11-18)4-6-17-10-15/h2-3,8,17H,4-7,9-11H2,1H3. The second-order valence-corrected chi connectivity index (χ2v) is 6.83. The molecule has 1 atom stereocenters. The summed E-state index contributed by atoms with van der Waals surface area (Å²) in [6.45, 7) is 8.25. The van der Waals surface area contributed by atoms with Gasteiger partial charge in [0, 0.05) is 24.1 Å². The lowest BCUT2D eigenvalue weighted by atomic mass is 9.86. The summed E-state index contributed by atoms with van der Waals surface area (Å²) in [6.07, 6.45) is 2.73. The Kier molecular flexibility index (Phi) is 3.48. The van der Waals surface area contributed by atoms with E-state index in [9.17, 15) is 0 Å². The van der Waals surface area contributed by atoms with Crippen LogP contribution in [0.3, 0.4) is 0 Å². The van der Waals surface area contributed by atoms with E-state index in [0.29, 0.717) is 5.41 Å². The van der Waals surface area contributed by atoms with Gasteiger partial charge in [0.05, 0.1) is 0 Å². The minimum Gasteiger partial charge on any atom is -0.316 e. The van der Waals surface area contributed by atoms with Crippen LogP contribution >= 0.6 is 15.9 Å². The molecule has 0 saturated carbocycles. The maximum Gasteiger partial charge on any atom is 0.0234 e. The molecule has 2 saturated heterocycles. The van der Waals surface area contributed by atoms with Crippen LogP contribution in [-0.2, 0) is 6.54 Å². The molecule has 0 aromatic heterocycles. The SMILES string of the molecule is Cc1cc(CN2CCC3(CCNC3)C2)ccc1Br. The zero-order valence-electron chi connectivity index (χ0n) is 11.0. The number of nitrogens with zero attached hydrogens (tertiary/aromatic N) is 1. The average molecular weight is 309 g/mol. The Morgan fingerprint density at radius 2 is 2.28 bits per heavy atom. The summed E-state index contributed by atoms with van der Waals surface area (Å²) in [6, 6.07) is 6.73. The van der Waals surface area contributed by atoms with E-state index in [1.807, 2.05) is 0 Å². The number of rotatable bonds is 2. The van der Waals surface area contributed by atoms with Crippen LogP contribution in [0.2, 0.25) is 0 Å². The number of likely N-dealkylation sites (tertiary alicyclic amines) is 1. The van der Waals surface area contributed by atoms with Gasteiger partial charge in [0.1, 0.15) is 0 Å². The number of nitrogens with one attached hydrogen (secondary N) is 1. The molecule has 98 valence electrons. The Balaban J connectivity index is 1.65. The van der Waals surface area contributed by atoms with E-state index in [2.05, 4.69) is 51.3 Å². The van der Waals surface area contributed by atoms with Crippen molar-refractivity contribution >= 4 is 15.9 Å². The lowest BCUT2D eigenvalue weighted by molar-refractivity contribution is 0.268. The number of hydrogen-bond donors (Lipinski definition) is 1. The van der Waals surface area contributed by atoms with Crippen LogP contribution in [0, 0.1) is 12.3 Å². The van der Waals surface area contributed by atoms with Crippen molar-refractivity contribution in [2.45, 2.75) is 26.3 Å². The second kappa shape index (κ2) is 4.95. The largest absolute Gasteiger partial charge is 0.316 e. The molecular weight excluding hydrogens is 288 g/mol. The third kappa shape index (κ3) is 2.49. The van der Waals surface area contributed by atoms with Crippen molar-refractivity contribution in [1.82, 2.24) is 10.2 Å². The van der Waals surface area contributed by atoms with Gasteiger partial charge >= 0.3 is 0 Å². The van der Waals surface area contributed by atoms with Gasteiger partial charge in [-0.05, 0) is 55.5 Å². The molecule has 0 amide bonds. The number of hydrogen-bond acceptors (Lipinski definition) is 2. The smallest absolute Gasteiger partial charge is 0.0234 e. The monoisotopic (exact) mass is 308 g/mol. The summed E-state index contributed by atoms with van der Waals surface area (Å²) >= 11 is 3.57. The van der Waals surface area contributed by atoms with Crippen LogP contribution in [0.15, 0.2) is 22.7 Å². The Morgan fingerprint density at radius 1 is 1.39 bits per heavy atom.